The SMILES string of the molecule is COC(=O)NC(CF)CF. The van der Waals surface area contributed by atoms with Crippen LogP contribution in [0.4, 0.5) is 13.6 Å². The fraction of sp³-hybridized carbons (Fsp3) is 0.800. The minimum atomic E-state index is -1.08. The van der Waals surface area contributed by atoms with Gasteiger partial charge >= 0.3 is 6.09 Å². The van der Waals surface area contributed by atoms with Crippen LogP contribution in [0, 0.1) is 0 Å². The highest BCUT2D eigenvalue weighted by molar-refractivity contribution is 5.67. The van der Waals surface area contributed by atoms with Crippen molar-refractivity contribution in [1.29, 1.82) is 0 Å². The van der Waals surface area contributed by atoms with Gasteiger partial charge < -0.3 is 10.1 Å². The summed E-state index contributed by atoms with van der Waals surface area (Å²) in [6.07, 6.45) is -0.819. The number of carbonyl (C=O) groups excluding carboxylic acids is 1. The van der Waals surface area contributed by atoms with E-state index in [4.69, 9.17) is 0 Å². The molecule has 0 bridgehead atoms. The number of ether oxygens (including phenoxy) is 1. The lowest BCUT2D eigenvalue weighted by atomic mass is 10.4. The van der Waals surface area contributed by atoms with Crippen molar-refractivity contribution in [3.63, 3.8) is 0 Å². The first kappa shape index (κ1) is 9.13. The van der Waals surface area contributed by atoms with Crippen LogP contribution in [0.1, 0.15) is 0 Å². The predicted octanol–water partition coefficient (Wildman–Crippen LogP) is 0.650. The van der Waals surface area contributed by atoms with E-state index in [1.807, 2.05) is 5.32 Å². The van der Waals surface area contributed by atoms with E-state index in [9.17, 15) is 13.6 Å². The number of alkyl halides is 2. The van der Waals surface area contributed by atoms with Crippen molar-refractivity contribution in [3.05, 3.63) is 0 Å². The lowest BCUT2D eigenvalue weighted by molar-refractivity contribution is 0.160. The van der Waals surface area contributed by atoms with Crippen molar-refractivity contribution in [3.8, 4) is 0 Å². The normalized spacial score (nSPS) is 9.60. The molecule has 60 valence electrons. The monoisotopic (exact) mass is 153 g/mol. The third-order valence-corrected chi connectivity index (χ3v) is 0.880. The zero-order valence-electron chi connectivity index (χ0n) is 5.56. The number of alkyl carbamates (subject to hydrolysis) is 1. The zero-order valence-corrected chi connectivity index (χ0v) is 5.56. The van der Waals surface area contributed by atoms with Crippen LogP contribution in [0.25, 0.3) is 0 Å². The largest absolute Gasteiger partial charge is 0.453 e. The second-order valence-electron chi connectivity index (χ2n) is 1.64. The first-order valence-corrected chi connectivity index (χ1v) is 2.71. The van der Waals surface area contributed by atoms with Gasteiger partial charge in [-0.3, -0.25) is 0 Å². The molecule has 0 aromatic carbocycles. The zero-order chi connectivity index (χ0) is 7.98. The second kappa shape index (κ2) is 4.96. The van der Waals surface area contributed by atoms with Gasteiger partial charge in [-0.25, -0.2) is 13.6 Å². The molecule has 0 spiro atoms. The van der Waals surface area contributed by atoms with Gasteiger partial charge in [-0.05, 0) is 0 Å². The molecule has 0 aliphatic carbocycles. The molecule has 0 saturated carbocycles. The van der Waals surface area contributed by atoms with Gasteiger partial charge in [0.05, 0.1) is 13.2 Å². The molecule has 0 fully saturated rings. The van der Waals surface area contributed by atoms with Crippen molar-refractivity contribution in [1.82, 2.24) is 5.32 Å². The fourth-order valence-corrected chi connectivity index (χ4v) is 0.344. The molecule has 1 amide bonds. The molecule has 0 aromatic heterocycles. The summed E-state index contributed by atoms with van der Waals surface area (Å²) in [5, 5.41) is 1.95. The summed E-state index contributed by atoms with van der Waals surface area (Å²) < 4.78 is 27.4. The van der Waals surface area contributed by atoms with Gasteiger partial charge in [-0.15, -0.1) is 0 Å². The third-order valence-electron chi connectivity index (χ3n) is 0.880. The highest BCUT2D eigenvalue weighted by atomic mass is 19.1. The van der Waals surface area contributed by atoms with Crippen LogP contribution in [0.15, 0.2) is 0 Å². The number of hydrogen-bond donors (Lipinski definition) is 1. The molecule has 0 saturated heterocycles. The Kier molecular flexibility index (Phi) is 4.53. The van der Waals surface area contributed by atoms with Gasteiger partial charge in [0.1, 0.15) is 13.3 Å². The average Bonchev–Trinajstić information content (AvgIpc) is 1.99. The van der Waals surface area contributed by atoms with E-state index >= 15 is 0 Å². The Morgan fingerprint density at radius 1 is 1.60 bits per heavy atom. The smallest absolute Gasteiger partial charge is 0.407 e. The van der Waals surface area contributed by atoms with Gasteiger partial charge in [-0.1, -0.05) is 0 Å². The van der Waals surface area contributed by atoms with E-state index in [1.54, 1.807) is 0 Å². The summed E-state index contributed by atoms with van der Waals surface area (Å²) in [5.41, 5.74) is 0. The Labute approximate surface area is 57.4 Å². The number of hydrogen-bond acceptors (Lipinski definition) is 2. The van der Waals surface area contributed by atoms with Crippen LogP contribution in [-0.2, 0) is 4.74 Å². The highest BCUT2D eigenvalue weighted by Gasteiger charge is 2.10. The van der Waals surface area contributed by atoms with Gasteiger partial charge in [-0.2, -0.15) is 0 Å². The Morgan fingerprint density at radius 3 is 2.40 bits per heavy atom. The third kappa shape index (κ3) is 3.21. The molecular weight excluding hydrogens is 144 g/mol. The van der Waals surface area contributed by atoms with Crippen LogP contribution in [-0.4, -0.2) is 32.6 Å². The van der Waals surface area contributed by atoms with Gasteiger partial charge in [0.25, 0.3) is 0 Å². The Morgan fingerprint density at radius 2 is 2.10 bits per heavy atom. The standard InChI is InChI=1S/C5H9F2NO2/c1-10-5(9)8-4(2-6)3-7/h4H,2-3H2,1H3,(H,8,9). The lowest BCUT2D eigenvalue weighted by Gasteiger charge is -2.08. The van der Waals surface area contributed by atoms with Gasteiger partial charge in [0, 0.05) is 0 Å². The summed E-state index contributed by atoms with van der Waals surface area (Å²) in [5.74, 6) is 0. The van der Waals surface area contributed by atoms with Crippen LogP contribution in [0.5, 0.6) is 0 Å². The van der Waals surface area contributed by atoms with Gasteiger partial charge in [0.2, 0.25) is 0 Å². The van der Waals surface area contributed by atoms with Crippen molar-refractivity contribution in [2.24, 2.45) is 0 Å². The first-order chi connectivity index (χ1) is 4.74. The van der Waals surface area contributed by atoms with Crippen LogP contribution < -0.4 is 5.32 Å². The van der Waals surface area contributed by atoms with E-state index in [-0.39, 0.29) is 0 Å². The van der Waals surface area contributed by atoms with Crippen molar-refractivity contribution < 1.29 is 18.3 Å². The molecule has 0 aliphatic rings. The number of rotatable bonds is 3. The lowest BCUT2D eigenvalue weighted by Crippen LogP contribution is -2.37. The van der Waals surface area contributed by atoms with E-state index in [1.165, 1.54) is 0 Å². The van der Waals surface area contributed by atoms with E-state index < -0.39 is 25.5 Å². The maximum atomic E-state index is 11.6. The molecule has 0 heterocycles. The van der Waals surface area contributed by atoms with Crippen LogP contribution >= 0.6 is 0 Å². The highest BCUT2D eigenvalue weighted by Crippen LogP contribution is 1.87. The van der Waals surface area contributed by atoms with Crippen LogP contribution in [0.3, 0.4) is 0 Å². The first-order valence-electron chi connectivity index (χ1n) is 2.71. The minimum absolute atomic E-state index is 0.819. The number of halogens is 2. The quantitative estimate of drug-likeness (QED) is 0.646. The summed E-state index contributed by atoms with van der Waals surface area (Å²) in [6.45, 7) is -1.85. The minimum Gasteiger partial charge on any atom is -0.453 e. The molecular formula is C5H9F2NO2. The summed E-state index contributed by atoms with van der Waals surface area (Å²) in [6, 6.07) is -1.08. The maximum Gasteiger partial charge on any atom is 0.407 e. The summed E-state index contributed by atoms with van der Waals surface area (Å²) in [7, 11) is 1.13. The van der Waals surface area contributed by atoms with Gasteiger partial charge in [0.15, 0.2) is 0 Å². The molecule has 10 heavy (non-hydrogen) atoms. The fourth-order valence-electron chi connectivity index (χ4n) is 0.344. The second-order valence-corrected chi connectivity index (χ2v) is 1.64. The van der Waals surface area contributed by atoms with E-state index in [2.05, 4.69) is 4.74 Å². The summed E-state index contributed by atoms with van der Waals surface area (Å²) >= 11 is 0. The van der Waals surface area contributed by atoms with E-state index in [0.29, 0.717) is 0 Å². The van der Waals surface area contributed by atoms with E-state index in [0.717, 1.165) is 7.11 Å². The molecule has 0 unspecified atom stereocenters. The molecule has 0 aliphatic heterocycles. The average molecular weight is 153 g/mol. The number of carbonyl (C=O) groups is 1. The number of methoxy groups -OCH3 is 1. The van der Waals surface area contributed by atoms with Crippen LogP contribution in [0.2, 0.25) is 0 Å². The Bertz CT molecular complexity index is 106. The summed E-state index contributed by atoms with van der Waals surface area (Å²) in [4.78, 5) is 10.3. The molecule has 0 radical (unpaired) electrons. The topological polar surface area (TPSA) is 38.3 Å². The number of amides is 1. The van der Waals surface area contributed by atoms with Crippen molar-refractivity contribution in [2.75, 3.05) is 20.5 Å². The molecule has 5 heteroatoms. The molecule has 0 atom stereocenters. The Hall–Kier alpha value is -0.870. The molecule has 0 aromatic rings. The predicted molar refractivity (Wildman–Crippen MR) is 31.3 cm³/mol. The Balaban J connectivity index is 3.52. The molecule has 3 nitrogen and oxygen atoms in total. The number of nitrogens with one attached hydrogen (secondary N) is 1. The van der Waals surface area contributed by atoms with Crippen molar-refractivity contribution >= 4 is 6.09 Å². The van der Waals surface area contributed by atoms with Crippen molar-refractivity contribution in [2.45, 2.75) is 6.04 Å². The maximum absolute atomic E-state index is 11.6. The molecule has 1 N–H and O–H groups in total. The molecule has 0 rings (SSSR count).